The van der Waals surface area contributed by atoms with E-state index in [4.69, 9.17) is 0 Å². The first-order chi connectivity index (χ1) is 7.94. The molecule has 0 spiro atoms. The number of piperidine rings is 1. The van der Waals surface area contributed by atoms with Gasteiger partial charge in [-0.15, -0.1) is 0 Å². The molecule has 0 bridgehead atoms. The second-order valence-electron chi connectivity index (χ2n) is 6.09. The minimum atomic E-state index is -0.549. The van der Waals surface area contributed by atoms with E-state index < -0.39 is 5.60 Å². The molecule has 0 aromatic heterocycles. The molecule has 0 radical (unpaired) electrons. The quantitative estimate of drug-likeness (QED) is 0.746. The number of hydrogen-bond acceptors (Lipinski definition) is 3. The lowest BCUT2D eigenvalue weighted by Gasteiger charge is -2.37. The highest BCUT2D eigenvalue weighted by molar-refractivity contribution is 4.81. The Bertz CT molecular complexity index is 210. The molecule has 2 unspecified atom stereocenters. The molecule has 0 aliphatic carbocycles. The van der Waals surface area contributed by atoms with Crippen molar-refractivity contribution in [3.63, 3.8) is 0 Å². The molecule has 3 nitrogen and oxygen atoms in total. The van der Waals surface area contributed by atoms with Gasteiger partial charge in [0.15, 0.2) is 0 Å². The van der Waals surface area contributed by atoms with Crippen LogP contribution in [0.1, 0.15) is 47.0 Å². The molecule has 1 aliphatic heterocycles. The van der Waals surface area contributed by atoms with Crippen molar-refractivity contribution in [3.8, 4) is 0 Å². The number of rotatable bonds is 6. The van der Waals surface area contributed by atoms with Gasteiger partial charge in [-0.2, -0.15) is 0 Å². The van der Waals surface area contributed by atoms with Crippen LogP contribution >= 0.6 is 0 Å². The zero-order valence-corrected chi connectivity index (χ0v) is 12.0. The summed E-state index contributed by atoms with van der Waals surface area (Å²) in [5, 5.41) is 13.7. The van der Waals surface area contributed by atoms with Crippen molar-refractivity contribution in [2.45, 2.75) is 58.6 Å². The zero-order chi connectivity index (χ0) is 12.9. The van der Waals surface area contributed by atoms with E-state index in [1.807, 2.05) is 6.92 Å². The molecule has 2 atom stereocenters. The summed E-state index contributed by atoms with van der Waals surface area (Å²) >= 11 is 0. The van der Waals surface area contributed by atoms with E-state index in [0.29, 0.717) is 6.04 Å². The summed E-state index contributed by atoms with van der Waals surface area (Å²) in [7, 11) is 0. The van der Waals surface area contributed by atoms with Gasteiger partial charge in [0.1, 0.15) is 0 Å². The van der Waals surface area contributed by atoms with E-state index in [-0.39, 0.29) is 0 Å². The predicted molar refractivity (Wildman–Crippen MR) is 73.2 cm³/mol. The van der Waals surface area contributed by atoms with Gasteiger partial charge in [0.25, 0.3) is 0 Å². The molecule has 0 amide bonds. The van der Waals surface area contributed by atoms with E-state index in [0.717, 1.165) is 32.0 Å². The molecule has 0 saturated carbocycles. The van der Waals surface area contributed by atoms with Crippen LogP contribution in [0.5, 0.6) is 0 Å². The van der Waals surface area contributed by atoms with Crippen LogP contribution in [0.3, 0.4) is 0 Å². The van der Waals surface area contributed by atoms with Crippen LogP contribution < -0.4 is 5.32 Å². The Labute approximate surface area is 107 Å². The van der Waals surface area contributed by atoms with Gasteiger partial charge in [0.05, 0.1) is 5.60 Å². The Morgan fingerprint density at radius 2 is 2.18 bits per heavy atom. The lowest BCUT2D eigenvalue weighted by atomic mass is 9.96. The highest BCUT2D eigenvalue weighted by atomic mass is 16.3. The molecule has 2 N–H and O–H groups in total. The van der Waals surface area contributed by atoms with E-state index in [9.17, 15) is 5.11 Å². The van der Waals surface area contributed by atoms with Crippen molar-refractivity contribution >= 4 is 0 Å². The summed E-state index contributed by atoms with van der Waals surface area (Å²) in [6.07, 6.45) is 3.43. The molecular formula is C14H30N2O. The number of nitrogens with zero attached hydrogens (tertiary/aromatic N) is 1. The SMILES string of the molecule is CCC(C)(O)CN(CC1CCCNC1)C(C)C. The highest BCUT2D eigenvalue weighted by Crippen LogP contribution is 2.17. The first-order valence-electron chi connectivity index (χ1n) is 7.12. The summed E-state index contributed by atoms with van der Waals surface area (Å²) in [5.41, 5.74) is -0.549. The average molecular weight is 242 g/mol. The van der Waals surface area contributed by atoms with E-state index >= 15 is 0 Å². The summed E-state index contributed by atoms with van der Waals surface area (Å²) in [6, 6.07) is 0.509. The summed E-state index contributed by atoms with van der Waals surface area (Å²) in [4.78, 5) is 2.43. The van der Waals surface area contributed by atoms with Gasteiger partial charge in [-0.25, -0.2) is 0 Å². The lowest BCUT2D eigenvalue weighted by Crippen LogP contribution is -2.47. The topological polar surface area (TPSA) is 35.5 Å². The van der Waals surface area contributed by atoms with Gasteiger partial charge in [0.2, 0.25) is 0 Å². The van der Waals surface area contributed by atoms with Crippen molar-refractivity contribution < 1.29 is 5.11 Å². The first kappa shape index (κ1) is 14.9. The van der Waals surface area contributed by atoms with Gasteiger partial charge in [0, 0.05) is 19.1 Å². The maximum atomic E-state index is 10.2. The van der Waals surface area contributed by atoms with Crippen LogP contribution in [0.15, 0.2) is 0 Å². The third-order valence-corrected chi connectivity index (χ3v) is 3.93. The first-order valence-corrected chi connectivity index (χ1v) is 7.12. The third kappa shape index (κ3) is 5.36. The fraction of sp³-hybridized carbons (Fsp3) is 1.00. The van der Waals surface area contributed by atoms with Crippen molar-refractivity contribution in [3.05, 3.63) is 0 Å². The fourth-order valence-electron chi connectivity index (χ4n) is 2.42. The third-order valence-electron chi connectivity index (χ3n) is 3.93. The molecule has 0 aromatic rings. The number of nitrogens with one attached hydrogen (secondary N) is 1. The normalized spacial score (nSPS) is 25.2. The number of aliphatic hydroxyl groups is 1. The largest absolute Gasteiger partial charge is 0.389 e. The average Bonchev–Trinajstić information content (AvgIpc) is 2.29. The van der Waals surface area contributed by atoms with Gasteiger partial charge in [-0.1, -0.05) is 6.92 Å². The van der Waals surface area contributed by atoms with Crippen molar-refractivity contribution in [1.82, 2.24) is 10.2 Å². The van der Waals surface area contributed by atoms with Gasteiger partial charge >= 0.3 is 0 Å². The summed E-state index contributed by atoms with van der Waals surface area (Å²) < 4.78 is 0. The van der Waals surface area contributed by atoms with Crippen LogP contribution in [0.4, 0.5) is 0 Å². The molecule has 102 valence electrons. The van der Waals surface area contributed by atoms with Crippen molar-refractivity contribution in [2.24, 2.45) is 5.92 Å². The Morgan fingerprint density at radius 3 is 2.65 bits per heavy atom. The van der Waals surface area contributed by atoms with E-state index in [1.54, 1.807) is 0 Å². The standard InChI is InChI=1S/C14H30N2O/c1-5-14(4,17)11-16(12(2)3)10-13-7-6-8-15-9-13/h12-13,15,17H,5-11H2,1-4H3. The molecule has 17 heavy (non-hydrogen) atoms. The molecular weight excluding hydrogens is 212 g/mol. The molecule has 1 rings (SSSR count). The Kier molecular flexibility index (Phi) is 5.90. The smallest absolute Gasteiger partial charge is 0.0743 e. The molecule has 1 fully saturated rings. The summed E-state index contributed by atoms with van der Waals surface area (Å²) in [5.74, 6) is 0.749. The second kappa shape index (κ2) is 6.72. The molecule has 0 aromatic carbocycles. The molecule has 1 heterocycles. The molecule has 3 heteroatoms. The minimum absolute atomic E-state index is 0.509. The van der Waals surface area contributed by atoms with Crippen LogP contribution in [0, 0.1) is 5.92 Å². The summed E-state index contributed by atoms with van der Waals surface area (Å²) in [6.45, 7) is 12.7. The van der Waals surface area contributed by atoms with Gasteiger partial charge < -0.3 is 10.4 Å². The zero-order valence-electron chi connectivity index (χ0n) is 12.0. The van der Waals surface area contributed by atoms with Crippen LogP contribution in [0.25, 0.3) is 0 Å². The second-order valence-corrected chi connectivity index (χ2v) is 6.09. The maximum Gasteiger partial charge on any atom is 0.0743 e. The monoisotopic (exact) mass is 242 g/mol. The van der Waals surface area contributed by atoms with Crippen molar-refractivity contribution in [1.29, 1.82) is 0 Å². The van der Waals surface area contributed by atoms with Crippen LogP contribution in [0.2, 0.25) is 0 Å². The molecule has 1 saturated heterocycles. The maximum absolute atomic E-state index is 10.2. The van der Waals surface area contributed by atoms with Gasteiger partial charge in [-0.05, 0) is 59.0 Å². The highest BCUT2D eigenvalue weighted by Gasteiger charge is 2.26. The lowest BCUT2D eigenvalue weighted by molar-refractivity contribution is 0.00103. The predicted octanol–water partition coefficient (Wildman–Crippen LogP) is 1.86. The van der Waals surface area contributed by atoms with Crippen LogP contribution in [-0.4, -0.2) is 47.8 Å². The molecule has 1 aliphatic rings. The van der Waals surface area contributed by atoms with Crippen LogP contribution in [-0.2, 0) is 0 Å². The van der Waals surface area contributed by atoms with E-state index in [2.05, 4.69) is 31.0 Å². The Balaban J connectivity index is 2.47. The number of hydrogen-bond donors (Lipinski definition) is 2. The van der Waals surface area contributed by atoms with Crippen molar-refractivity contribution in [2.75, 3.05) is 26.2 Å². The Hall–Kier alpha value is -0.120. The van der Waals surface area contributed by atoms with E-state index in [1.165, 1.54) is 19.4 Å². The fourth-order valence-corrected chi connectivity index (χ4v) is 2.42. The Morgan fingerprint density at radius 1 is 1.47 bits per heavy atom. The minimum Gasteiger partial charge on any atom is -0.389 e. The van der Waals surface area contributed by atoms with Gasteiger partial charge in [-0.3, -0.25) is 4.90 Å².